The molecular weight excluding hydrogens is 134 g/mol. The Kier molecular flexibility index (Phi) is 5.49. The first kappa shape index (κ1) is 10.2. The van der Waals surface area contributed by atoms with E-state index < -0.39 is 0 Å². The molecule has 0 amide bonds. The van der Waals surface area contributed by atoms with Gasteiger partial charge < -0.3 is 5.73 Å². The first-order valence-electron chi connectivity index (χ1n) is 3.90. The second-order valence-electron chi connectivity index (χ2n) is 2.49. The molecule has 0 aromatic rings. The lowest BCUT2D eigenvalue weighted by atomic mass is 10.1. The maximum atomic E-state index is 5.43. The van der Waals surface area contributed by atoms with Gasteiger partial charge in [0.05, 0.1) is 0 Å². The van der Waals surface area contributed by atoms with Crippen molar-refractivity contribution in [3.05, 3.63) is 36.0 Å². The van der Waals surface area contributed by atoms with Crippen molar-refractivity contribution in [1.29, 1.82) is 0 Å². The summed E-state index contributed by atoms with van der Waals surface area (Å²) in [4.78, 5) is 0. The van der Waals surface area contributed by atoms with E-state index in [0.29, 0.717) is 6.54 Å². The molecule has 0 aliphatic rings. The van der Waals surface area contributed by atoms with Crippen molar-refractivity contribution in [3.63, 3.8) is 0 Å². The minimum atomic E-state index is 0.709. The average molecular weight is 151 g/mol. The van der Waals surface area contributed by atoms with Crippen LogP contribution in [0.25, 0.3) is 0 Å². The first-order chi connectivity index (χ1) is 5.24. The Labute approximate surface area is 69.3 Å². The van der Waals surface area contributed by atoms with Crippen molar-refractivity contribution in [1.82, 2.24) is 0 Å². The summed E-state index contributed by atoms with van der Waals surface area (Å²) in [5, 5.41) is 0. The molecule has 1 nitrogen and oxygen atoms in total. The van der Waals surface area contributed by atoms with Crippen LogP contribution in [0.2, 0.25) is 0 Å². The quantitative estimate of drug-likeness (QED) is 0.613. The van der Waals surface area contributed by atoms with Crippen molar-refractivity contribution < 1.29 is 0 Å². The van der Waals surface area contributed by atoms with Crippen LogP contribution in [0, 0.1) is 0 Å². The van der Waals surface area contributed by atoms with Crippen molar-refractivity contribution in [2.75, 3.05) is 6.54 Å². The fraction of sp³-hybridized carbons (Fsp3) is 0.400. The van der Waals surface area contributed by atoms with Gasteiger partial charge in [-0.15, -0.1) is 0 Å². The summed E-state index contributed by atoms with van der Waals surface area (Å²) in [6.07, 6.45) is 6.99. The lowest BCUT2D eigenvalue weighted by Gasteiger charge is -1.98. The van der Waals surface area contributed by atoms with Crippen molar-refractivity contribution in [2.24, 2.45) is 5.73 Å². The summed E-state index contributed by atoms with van der Waals surface area (Å²) >= 11 is 0. The van der Waals surface area contributed by atoms with Crippen LogP contribution in [0.15, 0.2) is 36.0 Å². The van der Waals surface area contributed by atoms with Gasteiger partial charge in [0.1, 0.15) is 0 Å². The van der Waals surface area contributed by atoms with E-state index in [4.69, 9.17) is 5.73 Å². The Morgan fingerprint density at radius 1 is 1.55 bits per heavy atom. The molecule has 0 bridgehead atoms. The van der Waals surface area contributed by atoms with Gasteiger partial charge in [0.15, 0.2) is 0 Å². The minimum Gasteiger partial charge on any atom is -0.330 e. The average Bonchev–Trinajstić information content (AvgIpc) is 2.03. The lowest BCUT2D eigenvalue weighted by molar-refractivity contribution is 0.969. The summed E-state index contributed by atoms with van der Waals surface area (Å²) in [7, 11) is 0. The molecule has 0 radical (unpaired) electrons. The maximum Gasteiger partial charge on any atom is -0.00368 e. The topological polar surface area (TPSA) is 26.0 Å². The minimum absolute atomic E-state index is 0.709. The highest BCUT2D eigenvalue weighted by Crippen LogP contribution is 2.06. The standard InChI is InChI=1S/C10H17N/c1-4-9(3)8-10(5-2)6-7-11/h4-5,8H,1,6-7,11H2,2-3H3/b9-8-,10-5-. The van der Waals surface area contributed by atoms with Crippen LogP contribution >= 0.6 is 0 Å². The smallest absolute Gasteiger partial charge is 0.00368 e. The van der Waals surface area contributed by atoms with E-state index in [-0.39, 0.29) is 0 Å². The Bertz CT molecular complexity index is 175. The second-order valence-corrected chi connectivity index (χ2v) is 2.49. The molecule has 0 aromatic heterocycles. The van der Waals surface area contributed by atoms with Gasteiger partial charge in [0.2, 0.25) is 0 Å². The summed E-state index contributed by atoms with van der Waals surface area (Å²) in [5.74, 6) is 0. The molecule has 0 aliphatic heterocycles. The fourth-order valence-electron chi connectivity index (χ4n) is 0.818. The van der Waals surface area contributed by atoms with Gasteiger partial charge in [-0.3, -0.25) is 0 Å². The van der Waals surface area contributed by atoms with Gasteiger partial charge in [0, 0.05) is 0 Å². The monoisotopic (exact) mass is 151 g/mol. The molecule has 0 atom stereocenters. The zero-order chi connectivity index (χ0) is 8.69. The SMILES string of the molecule is C=C/C(C)=C\C(=C/C)CCN. The Morgan fingerprint density at radius 2 is 2.18 bits per heavy atom. The van der Waals surface area contributed by atoms with Crippen LogP contribution in [-0.4, -0.2) is 6.54 Å². The molecule has 62 valence electrons. The molecule has 0 unspecified atom stereocenters. The van der Waals surface area contributed by atoms with Crippen LogP contribution in [-0.2, 0) is 0 Å². The molecule has 0 aliphatic carbocycles. The highest BCUT2D eigenvalue weighted by atomic mass is 14.5. The first-order valence-corrected chi connectivity index (χ1v) is 3.90. The zero-order valence-electron chi connectivity index (χ0n) is 7.43. The van der Waals surface area contributed by atoms with E-state index in [2.05, 4.69) is 18.7 Å². The normalized spacial score (nSPS) is 13.4. The van der Waals surface area contributed by atoms with E-state index in [0.717, 1.165) is 6.42 Å². The Balaban J connectivity index is 4.18. The van der Waals surface area contributed by atoms with Gasteiger partial charge >= 0.3 is 0 Å². The van der Waals surface area contributed by atoms with E-state index in [9.17, 15) is 0 Å². The van der Waals surface area contributed by atoms with E-state index in [1.165, 1.54) is 11.1 Å². The van der Waals surface area contributed by atoms with Crippen LogP contribution < -0.4 is 5.73 Å². The third-order valence-electron chi connectivity index (χ3n) is 1.54. The molecule has 0 saturated carbocycles. The zero-order valence-corrected chi connectivity index (χ0v) is 7.43. The van der Waals surface area contributed by atoms with Crippen LogP contribution in [0.1, 0.15) is 20.3 Å². The van der Waals surface area contributed by atoms with E-state index >= 15 is 0 Å². The van der Waals surface area contributed by atoms with Crippen molar-refractivity contribution in [3.8, 4) is 0 Å². The maximum absolute atomic E-state index is 5.43. The van der Waals surface area contributed by atoms with Crippen LogP contribution in [0.5, 0.6) is 0 Å². The predicted octanol–water partition coefficient (Wildman–Crippen LogP) is 2.41. The van der Waals surface area contributed by atoms with Gasteiger partial charge in [-0.1, -0.05) is 36.0 Å². The summed E-state index contributed by atoms with van der Waals surface area (Å²) < 4.78 is 0. The summed E-state index contributed by atoms with van der Waals surface area (Å²) in [5.41, 5.74) is 7.90. The van der Waals surface area contributed by atoms with Gasteiger partial charge in [-0.25, -0.2) is 0 Å². The van der Waals surface area contributed by atoms with E-state index in [1.807, 2.05) is 19.9 Å². The molecule has 0 spiro atoms. The van der Waals surface area contributed by atoms with Crippen LogP contribution in [0.3, 0.4) is 0 Å². The third kappa shape index (κ3) is 4.57. The number of hydrogen-bond acceptors (Lipinski definition) is 1. The summed E-state index contributed by atoms with van der Waals surface area (Å²) in [6, 6.07) is 0. The highest BCUT2D eigenvalue weighted by molar-refractivity contribution is 5.27. The third-order valence-corrected chi connectivity index (χ3v) is 1.54. The molecule has 11 heavy (non-hydrogen) atoms. The molecule has 0 fully saturated rings. The number of allylic oxidation sites excluding steroid dienone is 4. The number of nitrogens with two attached hydrogens (primary N) is 1. The molecule has 0 rings (SSSR count). The lowest BCUT2D eigenvalue weighted by Crippen LogP contribution is -1.99. The molecular formula is C10H17N. The number of rotatable bonds is 4. The largest absolute Gasteiger partial charge is 0.330 e. The van der Waals surface area contributed by atoms with E-state index in [1.54, 1.807) is 0 Å². The second kappa shape index (κ2) is 5.93. The van der Waals surface area contributed by atoms with Crippen molar-refractivity contribution in [2.45, 2.75) is 20.3 Å². The van der Waals surface area contributed by atoms with Gasteiger partial charge in [0.25, 0.3) is 0 Å². The Morgan fingerprint density at radius 3 is 2.55 bits per heavy atom. The summed E-state index contributed by atoms with van der Waals surface area (Å²) in [6.45, 7) is 8.45. The number of hydrogen-bond donors (Lipinski definition) is 1. The van der Waals surface area contributed by atoms with Gasteiger partial charge in [-0.05, 0) is 26.8 Å². The molecule has 2 N–H and O–H groups in total. The predicted molar refractivity (Wildman–Crippen MR) is 51.4 cm³/mol. The Hall–Kier alpha value is -0.820. The molecule has 0 saturated heterocycles. The van der Waals surface area contributed by atoms with Crippen molar-refractivity contribution >= 4 is 0 Å². The molecule has 1 heteroatoms. The van der Waals surface area contributed by atoms with Crippen LogP contribution in [0.4, 0.5) is 0 Å². The fourth-order valence-corrected chi connectivity index (χ4v) is 0.818. The molecule has 0 aromatic carbocycles. The van der Waals surface area contributed by atoms with Gasteiger partial charge in [-0.2, -0.15) is 0 Å². The molecule has 0 heterocycles. The highest BCUT2D eigenvalue weighted by Gasteiger charge is 1.89.